The van der Waals surface area contributed by atoms with Crippen LogP contribution in [0.4, 0.5) is 0 Å². The Labute approximate surface area is 81.7 Å². The molecule has 1 aromatic heterocycles. The molecule has 0 radical (unpaired) electrons. The lowest BCUT2D eigenvalue weighted by molar-refractivity contribution is 0.0526. The first-order chi connectivity index (χ1) is 6.15. The van der Waals surface area contributed by atoms with Crippen LogP contribution in [0.1, 0.15) is 23.0 Å². The van der Waals surface area contributed by atoms with Gasteiger partial charge in [0.1, 0.15) is 0 Å². The van der Waals surface area contributed by atoms with Gasteiger partial charge in [0.2, 0.25) is 0 Å². The molecular weight excluding hydrogens is 190 g/mol. The van der Waals surface area contributed by atoms with Crippen molar-refractivity contribution in [1.29, 1.82) is 0 Å². The van der Waals surface area contributed by atoms with Gasteiger partial charge in [0.15, 0.2) is 0 Å². The number of ether oxygens (including phenoxy) is 1. The van der Waals surface area contributed by atoms with Crippen LogP contribution >= 0.6 is 11.6 Å². The van der Waals surface area contributed by atoms with Gasteiger partial charge < -0.3 is 4.74 Å². The van der Waals surface area contributed by atoms with Crippen molar-refractivity contribution in [3.8, 4) is 0 Å². The highest BCUT2D eigenvalue weighted by Crippen LogP contribution is 2.16. The van der Waals surface area contributed by atoms with E-state index in [2.05, 4.69) is 4.98 Å². The Kier molecular flexibility index (Phi) is 3.25. The van der Waals surface area contributed by atoms with Gasteiger partial charge in [0.25, 0.3) is 0 Å². The van der Waals surface area contributed by atoms with Crippen LogP contribution in [-0.2, 0) is 4.74 Å². The Bertz CT molecular complexity index is 325. The van der Waals surface area contributed by atoms with Crippen LogP contribution in [0.2, 0.25) is 5.02 Å². The molecule has 1 aromatic rings. The van der Waals surface area contributed by atoms with Crippen LogP contribution in [0.15, 0.2) is 12.3 Å². The van der Waals surface area contributed by atoms with E-state index in [0.29, 0.717) is 17.2 Å². The quantitative estimate of drug-likeness (QED) is 0.686. The summed E-state index contributed by atoms with van der Waals surface area (Å²) >= 11 is 5.82. The average Bonchev–Trinajstić information content (AvgIpc) is 2.04. The van der Waals surface area contributed by atoms with E-state index in [1.165, 1.54) is 6.20 Å². The van der Waals surface area contributed by atoms with Crippen molar-refractivity contribution in [1.82, 2.24) is 4.98 Å². The van der Waals surface area contributed by atoms with Gasteiger partial charge in [0, 0.05) is 11.9 Å². The minimum absolute atomic E-state index is 0.314. The lowest BCUT2D eigenvalue weighted by Gasteiger charge is -2.03. The number of carbonyl (C=O) groups excluding carboxylic acids is 1. The van der Waals surface area contributed by atoms with E-state index >= 15 is 0 Å². The van der Waals surface area contributed by atoms with Crippen LogP contribution in [0, 0.1) is 6.92 Å². The summed E-state index contributed by atoms with van der Waals surface area (Å²) in [6.07, 6.45) is 1.43. The van der Waals surface area contributed by atoms with Crippen LogP contribution in [0.25, 0.3) is 0 Å². The van der Waals surface area contributed by atoms with Crippen molar-refractivity contribution in [2.45, 2.75) is 13.8 Å². The highest BCUT2D eigenvalue weighted by atomic mass is 35.5. The molecule has 0 bridgehead atoms. The summed E-state index contributed by atoms with van der Waals surface area (Å²) < 4.78 is 4.79. The van der Waals surface area contributed by atoms with E-state index in [-0.39, 0.29) is 0 Å². The van der Waals surface area contributed by atoms with E-state index in [1.54, 1.807) is 19.9 Å². The zero-order valence-corrected chi connectivity index (χ0v) is 8.26. The fourth-order valence-electron chi connectivity index (χ4n) is 0.885. The standard InChI is InChI=1S/C9H10ClNO2/c1-3-13-9(12)7-5-11-6(2)4-8(7)10/h4-5H,3H2,1-2H3. The molecule has 70 valence electrons. The molecule has 4 heteroatoms. The van der Waals surface area contributed by atoms with Crippen LogP contribution < -0.4 is 0 Å². The Balaban J connectivity index is 2.95. The predicted molar refractivity (Wildman–Crippen MR) is 49.9 cm³/mol. The Morgan fingerprint density at radius 3 is 2.92 bits per heavy atom. The zero-order valence-electron chi connectivity index (χ0n) is 7.50. The van der Waals surface area contributed by atoms with E-state index in [4.69, 9.17) is 16.3 Å². The molecule has 0 unspecified atom stereocenters. The SMILES string of the molecule is CCOC(=O)c1cnc(C)cc1Cl. The molecule has 0 saturated carbocycles. The number of rotatable bonds is 2. The van der Waals surface area contributed by atoms with E-state index in [0.717, 1.165) is 5.69 Å². The maximum atomic E-state index is 11.2. The first-order valence-corrected chi connectivity index (χ1v) is 4.32. The predicted octanol–water partition coefficient (Wildman–Crippen LogP) is 2.22. The molecule has 0 spiro atoms. The second-order valence-corrected chi connectivity index (χ2v) is 2.93. The number of carbonyl (C=O) groups is 1. The number of aromatic nitrogens is 1. The molecule has 0 fully saturated rings. The molecule has 1 rings (SSSR count). The molecule has 0 atom stereocenters. The van der Waals surface area contributed by atoms with Crippen molar-refractivity contribution in [2.24, 2.45) is 0 Å². The van der Waals surface area contributed by atoms with Crippen molar-refractivity contribution >= 4 is 17.6 Å². The van der Waals surface area contributed by atoms with Gasteiger partial charge in [-0.2, -0.15) is 0 Å². The minimum Gasteiger partial charge on any atom is -0.462 e. The third-order valence-corrected chi connectivity index (χ3v) is 1.80. The second-order valence-electron chi connectivity index (χ2n) is 2.53. The molecule has 0 amide bonds. The fraction of sp³-hybridized carbons (Fsp3) is 0.333. The third kappa shape index (κ3) is 2.42. The molecule has 0 N–H and O–H groups in total. The first kappa shape index (κ1) is 9.99. The molecular formula is C9H10ClNO2. The monoisotopic (exact) mass is 199 g/mol. The highest BCUT2D eigenvalue weighted by Gasteiger charge is 2.11. The average molecular weight is 200 g/mol. The van der Waals surface area contributed by atoms with Crippen LogP contribution in [0.3, 0.4) is 0 Å². The molecule has 0 aliphatic rings. The lowest BCUT2D eigenvalue weighted by Crippen LogP contribution is -2.06. The minimum atomic E-state index is -0.431. The van der Waals surface area contributed by atoms with Gasteiger partial charge in [0.05, 0.1) is 17.2 Å². The van der Waals surface area contributed by atoms with Gasteiger partial charge in [-0.3, -0.25) is 4.98 Å². The zero-order chi connectivity index (χ0) is 9.84. The molecule has 0 aromatic carbocycles. The summed E-state index contributed by atoms with van der Waals surface area (Å²) in [5, 5.41) is 0.381. The van der Waals surface area contributed by atoms with Gasteiger partial charge in [-0.05, 0) is 19.9 Å². The fourth-order valence-corrected chi connectivity index (χ4v) is 1.17. The number of aryl methyl sites for hydroxylation is 1. The largest absolute Gasteiger partial charge is 0.462 e. The Morgan fingerprint density at radius 2 is 2.38 bits per heavy atom. The number of hydrogen-bond acceptors (Lipinski definition) is 3. The summed E-state index contributed by atoms with van der Waals surface area (Å²) in [5.41, 5.74) is 1.09. The molecule has 13 heavy (non-hydrogen) atoms. The summed E-state index contributed by atoms with van der Waals surface area (Å²) in [7, 11) is 0. The van der Waals surface area contributed by atoms with Crippen LogP contribution in [0.5, 0.6) is 0 Å². The topological polar surface area (TPSA) is 39.2 Å². The van der Waals surface area contributed by atoms with Crippen molar-refractivity contribution in [3.63, 3.8) is 0 Å². The normalized spacial score (nSPS) is 9.77. The smallest absolute Gasteiger partial charge is 0.341 e. The Hall–Kier alpha value is -1.09. The summed E-state index contributed by atoms with van der Waals surface area (Å²) in [5.74, 6) is -0.431. The number of hydrogen-bond donors (Lipinski definition) is 0. The van der Waals surface area contributed by atoms with Gasteiger partial charge in [-0.15, -0.1) is 0 Å². The van der Waals surface area contributed by atoms with Crippen molar-refractivity contribution in [2.75, 3.05) is 6.61 Å². The second kappa shape index (κ2) is 4.23. The number of esters is 1. The maximum Gasteiger partial charge on any atom is 0.341 e. The van der Waals surface area contributed by atoms with Crippen molar-refractivity contribution in [3.05, 3.63) is 28.5 Å². The highest BCUT2D eigenvalue weighted by molar-refractivity contribution is 6.33. The first-order valence-electron chi connectivity index (χ1n) is 3.94. The number of halogens is 1. The third-order valence-electron chi connectivity index (χ3n) is 1.49. The maximum absolute atomic E-state index is 11.2. The molecule has 3 nitrogen and oxygen atoms in total. The van der Waals surface area contributed by atoms with Gasteiger partial charge in [-0.1, -0.05) is 11.6 Å². The summed E-state index contributed by atoms with van der Waals surface area (Å²) in [6.45, 7) is 3.89. The number of pyridine rings is 1. The molecule has 0 saturated heterocycles. The van der Waals surface area contributed by atoms with Crippen molar-refractivity contribution < 1.29 is 9.53 Å². The number of nitrogens with zero attached hydrogens (tertiary/aromatic N) is 1. The summed E-state index contributed by atoms with van der Waals surface area (Å²) in [6, 6.07) is 1.63. The van der Waals surface area contributed by atoms with Gasteiger partial charge >= 0.3 is 5.97 Å². The Morgan fingerprint density at radius 1 is 1.69 bits per heavy atom. The van der Waals surface area contributed by atoms with E-state index in [9.17, 15) is 4.79 Å². The van der Waals surface area contributed by atoms with Gasteiger partial charge in [-0.25, -0.2) is 4.79 Å². The summed E-state index contributed by atoms with van der Waals surface area (Å²) in [4.78, 5) is 15.2. The van der Waals surface area contributed by atoms with E-state index in [1.807, 2.05) is 0 Å². The van der Waals surface area contributed by atoms with Crippen LogP contribution in [-0.4, -0.2) is 17.6 Å². The lowest BCUT2D eigenvalue weighted by atomic mass is 10.2. The molecule has 0 aliphatic heterocycles. The van der Waals surface area contributed by atoms with E-state index < -0.39 is 5.97 Å². The molecule has 1 heterocycles. The molecule has 0 aliphatic carbocycles.